The molecule has 1 aliphatic rings. The van der Waals surface area contributed by atoms with Crippen molar-refractivity contribution in [1.29, 1.82) is 0 Å². The Morgan fingerprint density at radius 2 is 1.96 bits per heavy atom. The van der Waals surface area contributed by atoms with Gasteiger partial charge in [-0.25, -0.2) is 13.4 Å². The zero-order valence-corrected chi connectivity index (χ0v) is 15.0. The minimum absolute atomic E-state index is 0.213. The van der Waals surface area contributed by atoms with Crippen molar-refractivity contribution >= 4 is 21.5 Å². The van der Waals surface area contributed by atoms with Crippen LogP contribution in [0.25, 0.3) is 0 Å². The molecule has 1 saturated heterocycles. The highest BCUT2D eigenvalue weighted by molar-refractivity contribution is 7.92. The van der Waals surface area contributed by atoms with E-state index in [1.807, 2.05) is 6.07 Å². The van der Waals surface area contributed by atoms with Crippen LogP contribution < -0.4 is 14.4 Å². The molecule has 1 aromatic carbocycles. The third kappa shape index (κ3) is 4.02. The van der Waals surface area contributed by atoms with Crippen molar-refractivity contribution in [3.63, 3.8) is 0 Å². The van der Waals surface area contributed by atoms with Crippen LogP contribution in [0, 0.1) is 6.92 Å². The van der Waals surface area contributed by atoms with E-state index >= 15 is 0 Å². The molecule has 3 rings (SSSR count). The molecule has 0 spiro atoms. The highest BCUT2D eigenvalue weighted by Crippen LogP contribution is 2.24. The number of ether oxygens (including phenoxy) is 2. The van der Waals surface area contributed by atoms with Gasteiger partial charge < -0.3 is 14.4 Å². The standard InChI is InChI=1S/C17H21N3O4S/c1-13-11-15(23-2)4-5-16(13)25(21,22)19-14-3-6-17(18-12-14)20-7-9-24-10-8-20/h3-6,11-12,19H,7-10H2,1-2H3. The summed E-state index contributed by atoms with van der Waals surface area (Å²) < 4.78 is 38.2. The highest BCUT2D eigenvalue weighted by Gasteiger charge is 2.18. The number of rotatable bonds is 5. The van der Waals surface area contributed by atoms with E-state index in [1.165, 1.54) is 12.3 Å². The molecule has 134 valence electrons. The number of nitrogens with zero attached hydrogens (tertiary/aromatic N) is 2. The van der Waals surface area contributed by atoms with Gasteiger partial charge in [-0.05, 0) is 42.8 Å². The fourth-order valence-corrected chi connectivity index (χ4v) is 3.96. The highest BCUT2D eigenvalue weighted by atomic mass is 32.2. The summed E-state index contributed by atoms with van der Waals surface area (Å²) >= 11 is 0. The fourth-order valence-electron chi connectivity index (χ4n) is 2.69. The summed E-state index contributed by atoms with van der Waals surface area (Å²) in [5.74, 6) is 1.43. The van der Waals surface area contributed by atoms with Crippen LogP contribution in [0.5, 0.6) is 5.75 Å². The van der Waals surface area contributed by atoms with Gasteiger partial charge in [0, 0.05) is 13.1 Å². The first-order chi connectivity index (χ1) is 12.0. The van der Waals surface area contributed by atoms with Gasteiger partial charge in [0.05, 0.1) is 37.1 Å². The van der Waals surface area contributed by atoms with Crippen molar-refractivity contribution in [3.8, 4) is 5.75 Å². The fraction of sp³-hybridized carbons (Fsp3) is 0.353. The van der Waals surface area contributed by atoms with Gasteiger partial charge in [-0.1, -0.05) is 0 Å². The number of sulfonamides is 1. The van der Waals surface area contributed by atoms with Gasteiger partial charge in [-0.15, -0.1) is 0 Å². The lowest BCUT2D eigenvalue weighted by molar-refractivity contribution is 0.122. The van der Waals surface area contributed by atoms with Gasteiger partial charge in [0.15, 0.2) is 0 Å². The second-order valence-corrected chi connectivity index (χ2v) is 7.39. The molecule has 0 atom stereocenters. The molecule has 0 saturated carbocycles. The number of hydrogen-bond donors (Lipinski definition) is 1. The first-order valence-corrected chi connectivity index (χ1v) is 9.44. The molecule has 0 aliphatic carbocycles. The molecular formula is C17H21N3O4S. The molecule has 0 unspecified atom stereocenters. The summed E-state index contributed by atoms with van der Waals surface area (Å²) in [6.07, 6.45) is 1.53. The SMILES string of the molecule is COc1ccc(S(=O)(=O)Nc2ccc(N3CCOCC3)nc2)c(C)c1. The molecule has 0 radical (unpaired) electrons. The summed E-state index contributed by atoms with van der Waals surface area (Å²) in [5.41, 5.74) is 1.04. The molecular weight excluding hydrogens is 342 g/mol. The topological polar surface area (TPSA) is 80.8 Å². The Hall–Kier alpha value is -2.32. The van der Waals surface area contributed by atoms with Gasteiger partial charge in [0.1, 0.15) is 11.6 Å². The summed E-state index contributed by atoms with van der Waals surface area (Å²) in [7, 11) is -2.14. The molecule has 25 heavy (non-hydrogen) atoms. The minimum Gasteiger partial charge on any atom is -0.497 e. The number of benzene rings is 1. The second kappa shape index (κ2) is 7.28. The average Bonchev–Trinajstić information content (AvgIpc) is 2.62. The van der Waals surface area contributed by atoms with Crippen molar-refractivity contribution < 1.29 is 17.9 Å². The molecule has 7 nitrogen and oxygen atoms in total. The number of aromatic nitrogens is 1. The maximum atomic E-state index is 12.6. The predicted octanol–water partition coefficient (Wildman–Crippen LogP) is 2.04. The van der Waals surface area contributed by atoms with Gasteiger partial charge in [-0.3, -0.25) is 4.72 Å². The van der Waals surface area contributed by atoms with Crippen LogP contribution in [-0.2, 0) is 14.8 Å². The van der Waals surface area contributed by atoms with Crippen molar-refractivity contribution in [2.24, 2.45) is 0 Å². The van der Waals surface area contributed by atoms with Gasteiger partial charge in [-0.2, -0.15) is 0 Å². The lowest BCUT2D eigenvalue weighted by atomic mass is 10.2. The summed E-state index contributed by atoms with van der Waals surface area (Å²) in [6.45, 7) is 4.64. The maximum Gasteiger partial charge on any atom is 0.262 e. The number of nitrogens with one attached hydrogen (secondary N) is 1. The Morgan fingerprint density at radius 3 is 2.56 bits per heavy atom. The van der Waals surface area contributed by atoms with E-state index in [1.54, 1.807) is 32.2 Å². The normalized spacial score (nSPS) is 15.0. The maximum absolute atomic E-state index is 12.6. The Balaban J connectivity index is 1.76. The molecule has 2 heterocycles. The van der Waals surface area contributed by atoms with Crippen LogP contribution in [0.15, 0.2) is 41.4 Å². The third-order valence-corrected chi connectivity index (χ3v) is 5.55. The van der Waals surface area contributed by atoms with Gasteiger partial charge >= 0.3 is 0 Å². The Bertz CT molecular complexity index is 831. The molecule has 2 aromatic rings. The van der Waals surface area contributed by atoms with E-state index in [2.05, 4.69) is 14.6 Å². The number of aryl methyl sites for hydroxylation is 1. The molecule has 1 N–H and O–H groups in total. The summed E-state index contributed by atoms with van der Waals surface area (Å²) in [6, 6.07) is 8.37. The first kappa shape index (κ1) is 17.5. The largest absolute Gasteiger partial charge is 0.497 e. The third-order valence-electron chi connectivity index (χ3n) is 4.01. The number of morpholine rings is 1. The van der Waals surface area contributed by atoms with Crippen LogP contribution in [0.2, 0.25) is 0 Å². The van der Waals surface area contributed by atoms with Crippen LogP contribution in [0.3, 0.4) is 0 Å². The quantitative estimate of drug-likeness (QED) is 0.876. The molecule has 0 amide bonds. The smallest absolute Gasteiger partial charge is 0.262 e. The van der Waals surface area contributed by atoms with E-state index in [4.69, 9.17) is 9.47 Å². The van der Waals surface area contributed by atoms with E-state index in [0.717, 1.165) is 18.9 Å². The molecule has 1 aliphatic heterocycles. The van der Waals surface area contributed by atoms with E-state index in [0.29, 0.717) is 30.2 Å². The van der Waals surface area contributed by atoms with Crippen molar-refractivity contribution in [1.82, 2.24) is 4.98 Å². The van der Waals surface area contributed by atoms with E-state index in [9.17, 15) is 8.42 Å². The average molecular weight is 363 g/mol. The van der Waals surface area contributed by atoms with Gasteiger partial charge in [0.25, 0.3) is 10.0 Å². The van der Waals surface area contributed by atoms with Crippen LogP contribution in [0.4, 0.5) is 11.5 Å². The summed E-state index contributed by atoms with van der Waals surface area (Å²) in [5, 5.41) is 0. The molecule has 1 aromatic heterocycles. The Morgan fingerprint density at radius 1 is 1.20 bits per heavy atom. The van der Waals surface area contributed by atoms with Crippen molar-refractivity contribution in [3.05, 3.63) is 42.1 Å². The summed E-state index contributed by atoms with van der Waals surface area (Å²) in [4.78, 5) is 6.67. The van der Waals surface area contributed by atoms with E-state index in [-0.39, 0.29) is 4.90 Å². The number of pyridine rings is 1. The second-order valence-electron chi connectivity index (χ2n) is 5.74. The number of anilines is 2. The minimum atomic E-state index is -3.69. The van der Waals surface area contributed by atoms with Gasteiger partial charge in [0.2, 0.25) is 0 Å². The molecule has 1 fully saturated rings. The molecule has 8 heteroatoms. The predicted molar refractivity (Wildman–Crippen MR) is 95.8 cm³/mol. The first-order valence-electron chi connectivity index (χ1n) is 7.96. The monoisotopic (exact) mass is 363 g/mol. The Kier molecular flexibility index (Phi) is 5.10. The number of methoxy groups -OCH3 is 1. The Labute approximate surface area is 147 Å². The van der Waals surface area contributed by atoms with Crippen LogP contribution in [0.1, 0.15) is 5.56 Å². The van der Waals surface area contributed by atoms with Crippen molar-refractivity contribution in [2.45, 2.75) is 11.8 Å². The lowest BCUT2D eigenvalue weighted by Crippen LogP contribution is -2.36. The van der Waals surface area contributed by atoms with E-state index < -0.39 is 10.0 Å². The zero-order valence-electron chi connectivity index (χ0n) is 14.2. The zero-order chi connectivity index (χ0) is 17.9. The lowest BCUT2D eigenvalue weighted by Gasteiger charge is -2.27. The van der Waals surface area contributed by atoms with Crippen molar-refractivity contribution in [2.75, 3.05) is 43.0 Å². The number of hydrogen-bond acceptors (Lipinski definition) is 6. The van der Waals surface area contributed by atoms with Crippen LogP contribution >= 0.6 is 0 Å². The van der Waals surface area contributed by atoms with Crippen LogP contribution in [-0.4, -0.2) is 46.8 Å². The molecule has 0 bridgehead atoms.